The Labute approximate surface area is 208 Å². The van der Waals surface area contributed by atoms with Gasteiger partial charge < -0.3 is 9.22 Å². The highest BCUT2D eigenvalue weighted by molar-refractivity contribution is 7.89. The zero-order valence-corrected chi connectivity index (χ0v) is 21.7. The highest BCUT2D eigenvalue weighted by Gasteiger charge is 2.41. The van der Waals surface area contributed by atoms with E-state index in [2.05, 4.69) is 4.72 Å². The maximum absolute atomic E-state index is 13.0. The van der Waals surface area contributed by atoms with E-state index in [0.29, 0.717) is 17.7 Å². The Morgan fingerprint density at radius 1 is 0.972 bits per heavy atom. The monoisotopic (exact) mass is 553 g/mol. The molecule has 2 atom stereocenters. The van der Waals surface area contributed by atoms with Crippen LogP contribution >= 0.6 is 0 Å². The Morgan fingerprint density at radius 3 is 2.00 bits per heavy atom. The topological polar surface area (TPSA) is 116 Å². The summed E-state index contributed by atoms with van der Waals surface area (Å²) in [6, 6.07) is 9.90. The summed E-state index contributed by atoms with van der Waals surface area (Å²) in [4.78, 5) is 12.1. The first-order valence-electron chi connectivity index (χ1n) is 10.5. The van der Waals surface area contributed by atoms with E-state index in [-0.39, 0.29) is 11.1 Å². The van der Waals surface area contributed by atoms with Crippen LogP contribution in [-0.2, 0) is 46.6 Å². The van der Waals surface area contributed by atoms with Gasteiger partial charge >= 0.3 is 12.1 Å². The number of halogens is 3. The number of carbonyl (C=O) groups is 1. The van der Waals surface area contributed by atoms with E-state index < -0.39 is 61.4 Å². The second-order valence-electron chi connectivity index (χ2n) is 8.91. The number of carbonyl (C=O) groups excluding carboxylic acids is 1. The first-order valence-corrected chi connectivity index (χ1v) is 13.8. The van der Waals surface area contributed by atoms with Crippen molar-refractivity contribution in [3.8, 4) is 0 Å². The zero-order chi connectivity index (χ0) is 27.4. The van der Waals surface area contributed by atoms with Crippen LogP contribution < -0.4 is 4.72 Å². The molecule has 2 aromatic carbocycles. The third-order valence-electron chi connectivity index (χ3n) is 4.81. The molecule has 0 aliphatic heterocycles. The fourth-order valence-electron chi connectivity index (χ4n) is 3.18. The number of nitrogens with one attached hydrogen (secondary N) is 1. The van der Waals surface area contributed by atoms with E-state index in [1.54, 1.807) is 30.3 Å². The summed E-state index contributed by atoms with van der Waals surface area (Å²) in [7, 11) is -4.06. The normalized spacial score (nSPS) is 14.8. The van der Waals surface area contributed by atoms with Gasteiger partial charge in [0.05, 0.1) is 44.3 Å². The van der Waals surface area contributed by atoms with Crippen molar-refractivity contribution in [3.05, 3.63) is 65.7 Å². The summed E-state index contributed by atoms with van der Waals surface area (Å²) in [6.07, 6.45) is -5.94. The number of hydrogen-bond acceptors (Lipinski definition) is 7. The third kappa shape index (κ3) is 9.17. The van der Waals surface area contributed by atoms with Crippen molar-refractivity contribution in [3.63, 3.8) is 0 Å². The van der Waals surface area contributed by atoms with Crippen LogP contribution in [0, 0.1) is 0 Å². The molecule has 14 heteroatoms. The Morgan fingerprint density at radius 2 is 1.53 bits per heavy atom. The first-order chi connectivity index (χ1) is 16.4. The van der Waals surface area contributed by atoms with Crippen molar-refractivity contribution < 1.29 is 48.2 Å². The van der Waals surface area contributed by atoms with Gasteiger partial charge in [-0.25, -0.2) is 12.6 Å². The highest BCUT2D eigenvalue weighted by Crippen LogP contribution is 2.30. The lowest BCUT2D eigenvalue weighted by Crippen LogP contribution is -2.59. The van der Waals surface area contributed by atoms with Crippen molar-refractivity contribution in [1.82, 2.24) is 4.72 Å². The van der Waals surface area contributed by atoms with Gasteiger partial charge in [0, 0.05) is 0 Å². The number of nitrogens with zero attached hydrogens (tertiary/aromatic N) is 1. The van der Waals surface area contributed by atoms with Crippen LogP contribution in [0.4, 0.5) is 13.2 Å². The summed E-state index contributed by atoms with van der Waals surface area (Å²) in [5.74, 6) is -0.852. The van der Waals surface area contributed by atoms with Crippen molar-refractivity contribution in [2.75, 3.05) is 27.4 Å². The third-order valence-corrected chi connectivity index (χ3v) is 6.86. The van der Waals surface area contributed by atoms with Gasteiger partial charge in [-0.2, -0.15) is 26.3 Å². The van der Waals surface area contributed by atoms with Gasteiger partial charge in [0.2, 0.25) is 16.3 Å². The quantitative estimate of drug-likeness (QED) is 0.197. The molecule has 0 spiro atoms. The fraction of sp³-hybridized carbons (Fsp3) is 0.409. The lowest BCUT2D eigenvalue weighted by molar-refractivity contribution is -0.916. The van der Waals surface area contributed by atoms with Crippen LogP contribution in [0.1, 0.15) is 17.5 Å². The number of esters is 1. The molecule has 0 fully saturated rings. The maximum atomic E-state index is 13.0. The minimum absolute atomic E-state index is 0.111. The van der Waals surface area contributed by atoms with Gasteiger partial charge in [-0.15, -0.1) is 0 Å². The number of sulfonamides is 1. The predicted octanol–water partition coefficient (Wildman–Crippen LogP) is 2.49. The molecular weight excluding hydrogens is 525 g/mol. The second-order valence-corrected chi connectivity index (χ2v) is 12.2. The summed E-state index contributed by atoms with van der Waals surface area (Å²) in [5, 5.41) is 0. The number of hydrogen-bond donors (Lipinski definition) is 1. The summed E-state index contributed by atoms with van der Waals surface area (Å²) in [6.45, 7) is -0.111. The smallest absolute Gasteiger partial charge is 0.416 e. The molecule has 0 amide bonds. The molecule has 200 valence electrons. The van der Waals surface area contributed by atoms with Gasteiger partial charge in [-0.1, -0.05) is 30.3 Å². The number of likely N-dealkylation sites (N-methyl/N-ethyl adjacent to an activating group) is 1. The summed E-state index contributed by atoms with van der Waals surface area (Å²) < 4.78 is 101. The Bertz CT molecular complexity index is 1240. The minimum atomic E-state index is -4.67. The van der Waals surface area contributed by atoms with Crippen LogP contribution in [0.5, 0.6) is 0 Å². The molecule has 0 saturated heterocycles. The number of quaternary nitrogens is 1. The van der Waals surface area contributed by atoms with Gasteiger partial charge in [-0.05, 0) is 29.8 Å². The number of benzene rings is 2. The van der Waals surface area contributed by atoms with E-state index in [1.165, 1.54) is 21.1 Å². The van der Waals surface area contributed by atoms with E-state index in [9.17, 15) is 34.8 Å². The summed E-state index contributed by atoms with van der Waals surface area (Å²) in [5.41, 5.74) is -0.379. The molecular formula is C22H28F3N2O7S2+. The lowest BCUT2D eigenvalue weighted by Gasteiger charge is -2.37. The first kappa shape index (κ1) is 29.7. The van der Waals surface area contributed by atoms with Crippen LogP contribution in [0.15, 0.2) is 59.5 Å². The highest BCUT2D eigenvalue weighted by atomic mass is 32.2. The molecule has 0 saturated carbocycles. The molecule has 0 heterocycles. The molecule has 36 heavy (non-hydrogen) atoms. The fourth-order valence-corrected chi connectivity index (χ4v) is 5.16. The Hall–Kier alpha value is -2.52. The van der Waals surface area contributed by atoms with Crippen LogP contribution in [-0.4, -0.2) is 67.0 Å². The minimum Gasteiger partial charge on any atom is -0.461 e. The molecule has 0 aliphatic carbocycles. The van der Waals surface area contributed by atoms with Gasteiger partial charge in [0.25, 0.3) is 10.1 Å². The van der Waals surface area contributed by atoms with Crippen LogP contribution in [0.25, 0.3) is 0 Å². The largest absolute Gasteiger partial charge is 0.461 e. The van der Waals surface area contributed by atoms with E-state index >= 15 is 0 Å². The molecule has 0 aromatic heterocycles. The molecule has 0 bridgehead atoms. The number of rotatable bonds is 11. The maximum Gasteiger partial charge on any atom is 0.416 e. The SMILES string of the molecule is C[N+](C)(C)C(OS(C)(=O)=O)C(CC(=O)OCc1ccccc1)NS(=O)(=O)c1ccc(C(F)(F)F)cc1. The van der Waals surface area contributed by atoms with Crippen molar-refractivity contribution in [2.45, 2.75) is 36.4 Å². The van der Waals surface area contributed by atoms with E-state index in [4.69, 9.17) is 8.92 Å². The van der Waals surface area contributed by atoms with Crippen LogP contribution in [0.3, 0.4) is 0 Å². The zero-order valence-electron chi connectivity index (χ0n) is 20.0. The van der Waals surface area contributed by atoms with E-state index in [1.807, 2.05) is 0 Å². The van der Waals surface area contributed by atoms with E-state index in [0.717, 1.165) is 18.4 Å². The van der Waals surface area contributed by atoms with Gasteiger partial charge in [-0.3, -0.25) is 4.79 Å². The lowest BCUT2D eigenvalue weighted by atomic mass is 10.1. The number of ether oxygens (including phenoxy) is 1. The Kier molecular flexibility index (Phi) is 9.29. The molecule has 2 unspecified atom stereocenters. The second kappa shape index (κ2) is 11.3. The summed E-state index contributed by atoms with van der Waals surface area (Å²) >= 11 is 0. The van der Waals surface area contributed by atoms with Gasteiger partial charge in [0.15, 0.2) is 0 Å². The Balaban J connectivity index is 2.36. The van der Waals surface area contributed by atoms with Gasteiger partial charge in [0.1, 0.15) is 12.6 Å². The molecule has 0 radical (unpaired) electrons. The molecule has 1 N–H and O–H groups in total. The standard InChI is InChI=1S/C22H28F3N2O7S2/c1-27(2,3)21(34-35(4,29)30)19(14-20(28)33-15-16-8-6-5-7-9-16)26-36(31,32)18-12-10-17(11-13-18)22(23,24)25/h5-13,19,21,26H,14-15H2,1-4H3/q+1. The van der Waals surface area contributed by atoms with Crippen molar-refractivity contribution in [2.24, 2.45) is 0 Å². The average Bonchev–Trinajstić information content (AvgIpc) is 2.74. The molecule has 2 rings (SSSR count). The van der Waals surface area contributed by atoms with Crippen LogP contribution in [0.2, 0.25) is 0 Å². The van der Waals surface area contributed by atoms with Crippen molar-refractivity contribution >= 4 is 26.1 Å². The van der Waals surface area contributed by atoms with Crippen molar-refractivity contribution in [1.29, 1.82) is 0 Å². The predicted molar refractivity (Wildman–Crippen MR) is 124 cm³/mol. The molecule has 9 nitrogen and oxygen atoms in total. The molecule has 2 aromatic rings. The average molecular weight is 554 g/mol. The number of alkyl halides is 3. The molecule has 0 aliphatic rings.